The summed E-state index contributed by atoms with van der Waals surface area (Å²) in [4.78, 5) is 19.8. The van der Waals surface area contributed by atoms with Gasteiger partial charge >= 0.3 is 0 Å². The predicted molar refractivity (Wildman–Crippen MR) is 86.9 cm³/mol. The van der Waals surface area contributed by atoms with E-state index in [1.54, 1.807) is 18.5 Å². The molecule has 0 saturated carbocycles. The van der Waals surface area contributed by atoms with E-state index >= 15 is 0 Å². The third-order valence-corrected chi connectivity index (χ3v) is 4.06. The molecule has 2 aromatic heterocycles. The molecule has 3 N–H and O–H groups in total. The number of aromatic amines is 1. The zero-order chi connectivity index (χ0) is 15.8. The number of fused-ring (bicyclic) bond motifs is 1. The Morgan fingerprint density at radius 1 is 1.04 bits per heavy atom. The molecule has 1 aliphatic rings. The van der Waals surface area contributed by atoms with Crippen LogP contribution >= 0.6 is 0 Å². The van der Waals surface area contributed by atoms with Gasteiger partial charge in [0.1, 0.15) is 11.3 Å². The first-order chi connectivity index (χ1) is 11.2. The molecule has 4 rings (SSSR count). The minimum atomic E-state index is -0.191. The first kappa shape index (κ1) is 13.7. The Balaban J connectivity index is 1.57. The van der Waals surface area contributed by atoms with Gasteiger partial charge in [0, 0.05) is 26.2 Å². The van der Waals surface area contributed by atoms with Crippen LogP contribution in [0.1, 0.15) is 0 Å². The maximum Gasteiger partial charge on any atom is 0.224 e. The molecule has 1 saturated heterocycles. The molecule has 0 unspecified atom stereocenters. The summed E-state index contributed by atoms with van der Waals surface area (Å²) in [7, 11) is 0. The van der Waals surface area contributed by atoms with E-state index in [1.165, 1.54) is 6.07 Å². The highest BCUT2D eigenvalue weighted by molar-refractivity contribution is 5.84. The van der Waals surface area contributed by atoms with Gasteiger partial charge in [-0.2, -0.15) is 9.97 Å². The second-order valence-corrected chi connectivity index (χ2v) is 5.43. The average molecular weight is 313 g/mol. The van der Waals surface area contributed by atoms with Crippen LogP contribution in [0.25, 0.3) is 11.2 Å². The maximum absolute atomic E-state index is 13.9. The molecular weight excluding hydrogens is 297 g/mol. The van der Waals surface area contributed by atoms with Crippen molar-refractivity contribution < 1.29 is 4.39 Å². The molecule has 7 nitrogen and oxygen atoms in total. The normalized spacial score (nSPS) is 15.3. The molecule has 0 aliphatic carbocycles. The van der Waals surface area contributed by atoms with Gasteiger partial charge in [-0.1, -0.05) is 12.1 Å². The van der Waals surface area contributed by atoms with Gasteiger partial charge in [-0.25, -0.2) is 9.37 Å². The standard InChI is InChI=1S/C15H16FN7/c16-10-3-1-2-4-11(10)22-5-7-23(8-6-22)14-12-13(19-9-18-12)20-15(17)21-14/h1-4,9H,5-8H2,(H3,17,18,19,20,21). The van der Waals surface area contributed by atoms with Crippen molar-refractivity contribution in [2.75, 3.05) is 41.7 Å². The average Bonchev–Trinajstić information content (AvgIpc) is 3.03. The molecule has 8 heteroatoms. The molecule has 0 radical (unpaired) electrons. The minimum absolute atomic E-state index is 0.191. The molecule has 1 aliphatic heterocycles. The molecule has 0 bridgehead atoms. The van der Waals surface area contributed by atoms with E-state index in [2.05, 4.69) is 24.8 Å². The Kier molecular flexibility index (Phi) is 3.22. The zero-order valence-corrected chi connectivity index (χ0v) is 12.4. The van der Waals surface area contributed by atoms with Crippen LogP contribution in [-0.4, -0.2) is 46.1 Å². The largest absolute Gasteiger partial charge is 0.368 e. The monoisotopic (exact) mass is 313 g/mol. The number of halogens is 1. The third kappa shape index (κ3) is 2.41. The molecular formula is C15H16FN7. The van der Waals surface area contributed by atoms with Crippen LogP contribution in [0, 0.1) is 5.82 Å². The predicted octanol–water partition coefficient (Wildman–Crippen LogP) is 1.40. The Labute approximate surface area is 132 Å². The number of imidazole rings is 1. The van der Waals surface area contributed by atoms with E-state index in [-0.39, 0.29) is 11.8 Å². The summed E-state index contributed by atoms with van der Waals surface area (Å²) in [5.41, 5.74) is 7.74. The third-order valence-electron chi connectivity index (χ3n) is 4.06. The fraction of sp³-hybridized carbons (Fsp3) is 0.267. The number of benzene rings is 1. The maximum atomic E-state index is 13.9. The summed E-state index contributed by atoms with van der Waals surface area (Å²) in [5.74, 6) is 0.762. The van der Waals surface area contributed by atoms with Crippen molar-refractivity contribution in [1.82, 2.24) is 19.9 Å². The molecule has 3 heterocycles. The Bertz CT molecular complexity index is 839. The van der Waals surface area contributed by atoms with Gasteiger partial charge in [0.2, 0.25) is 5.95 Å². The number of nitrogens with two attached hydrogens (primary N) is 1. The quantitative estimate of drug-likeness (QED) is 0.744. The number of nitrogens with one attached hydrogen (secondary N) is 1. The van der Waals surface area contributed by atoms with Crippen LogP contribution in [0.2, 0.25) is 0 Å². The first-order valence-corrected chi connectivity index (χ1v) is 7.43. The second kappa shape index (κ2) is 5.38. The van der Waals surface area contributed by atoms with Gasteiger partial charge in [0.25, 0.3) is 0 Å². The summed E-state index contributed by atoms with van der Waals surface area (Å²) in [5, 5.41) is 0. The Morgan fingerprint density at radius 3 is 2.57 bits per heavy atom. The van der Waals surface area contributed by atoms with Crippen LogP contribution in [0.15, 0.2) is 30.6 Å². The topological polar surface area (TPSA) is 87.0 Å². The van der Waals surface area contributed by atoms with Crippen molar-refractivity contribution in [3.05, 3.63) is 36.4 Å². The summed E-state index contributed by atoms with van der Waals surface area (Å²) < 4.78 is 13.9. The highest BCUT2D eigenvalue weighted by Crippen LogP contribution is 2.25. The summed E-state index contributed by atoms with van der Waals surface area (Å²) in [6, 6.07) is 6.85. The van der Waals surface area contributed by atoms with Crippen molar-refractivity contribution in [3.63, 3.8) is 0 Å². The summed E-state index contributed by atoms with van der Waals surface area (Å²) >= 11 is 0. The molecule has 23 heavy (non-hydrogen) atoms. The van der Waals surface area contributed by atoms with E-state index in [1.807, 2.05) is 11.0 Å². The second-order valence-electron chi connectivity index (χ2n) is 5.43. The highest BCUT2D eigenvalue weighted by atomic mass is 19.1. The van der Waals surface area contributed by atoms with E-state index in [0.29, 0.717) is 24.4 Å². The van der Waals surface area contributed by atoms with Gasteiger partial charge < -0.3 is 20.5 Å². The Morgan fingerprint density at radius 2 is 1.78 bits per heavy atom. The number of nitrogens with zero attached hydrogens (tertiary/aromatic N) is 5. The van der Waals surface area contributed by atoms with Gasteiger partial charge in [-0.15, -0.1) is 0 Å². The number of hydrogen-bond acceptors (Lipinski definition) is 6. The van der Waals surface area contributed by atoms with E-state index in [0.717, 1.165) is 24.4 Å². The van der Waals surface area contributed by atoms with Crippen molar-refractivity contribution in [2.24, 2.45) is 0 Å². The number of H-pyrrole nitrogens is 1. The van der Waals surface area contributed by atoms with Crippen molar-refractivity contribution >= 4 is 28.6 Å². The SMILES string of the molecule is Nc1nc(N2CCN(c3ccccc3F)CC2)c2[nH]cnc2n1. The van der Waals surface area contributed by atoms with Gasteiger partial charge in [-0.3, -0.25) is 0 Å². The summed E-state index contributed by atoms with van der Waals surface area (Å²) in [6.45, 7) is 2.86. The van der Waals surface area contributed by atoms with Crippen LogP contribution in [0.5, 0.6) is 0 Å². The molecule has 1 fully saturated rings. The lowest BCUT2D eigenvalue weighted by Crippen LogP contribution is -2.47. The van der Waals surface area contributed by atoms with Crippen molar-refractivity contribution in [1.29, 1.82) is 0 Å². The smallest absolute Gasteiger partial charge is 0.224 e. The fourth-order valence-electron chi connectivity index (χ4n) is 2.93. The number of rotatable bonds is 2. The number of nitrogen functional groups attached to an aromatic ring is 1. The van der Waals surface area contributed by atoms with Crippen LogP contribution < -0.4 is 15.5 Å². The molecule has 0 amide bonds. The van der Waals surface area contributed by atoms with Crippen LogP contribution in [-0.2, 0) is 0 Å². The van der Waals surface area contributed by atoms with Crippen LogP contribution in [0.4, 0.5) is 21.8 Å². The fourth-order valence-corrected chi connectivity index (χ4v) is 2.93. The summed E-state index contributed by atoms with van der Waals surface area (Å²) in [6.07, 6.45) is 1.58. The van der Waals surface area contributed by atoms with E-state index < -0.39 is 0 Å². The molecule has 3 aromatic rings. The lowest BCUT2D eigenvalue weighted by molar-refractivity contribution is 0.596. The highest BCUT2D eigenvalue weighted by Gasteiger charge is 2.22. The number of hydrogen-bond donors (Lipinski definition) is 2. The van der Waals surface area contributed by atoms with Gasteiger partial charge in [-0.05, 0) is 12.1 Å². The van der Waals surface area contributed by atoms with Crippen molar-refractivity contribution in [2.45, 2.75) is 0 Å². The lowest BCUT2D eigenvalue weighted by Gasteiger charge is -2.36. The molecule has 0 atom stereocenters. The first-order valence-electron chi connectivity index (χ1n) is 7.43. The van der Waals surface area contributed by atoms with Crippen LogP contribution in [0.3, 0.4) is 0 Å². The Hall–Kier alpha value is -2.90. The van der Waals surface area contributed by atoms with E-state index in [4.69, 9.17) is 5.73 Å². The molecule has 118 valence electrons. The molecule has 0 spiro atoms. The minimum Gasteiger partial charge on any atom is -0.368 e. The lowest BCUT2D eigenvalue weighted by atomic mass is 10.2. The van der Waals surface area contributed by atoms with E-state index in [9.17, 15) is 4.39 Å². The number of piperazine rings is 1. The number of para-hydroxylation sites is 1. The molecule has 1 aromatic carbocycles. The number of anilines is 3. The number of aromatic nitrogens is 4. The van der Waals surface area contributed by atoms with Crippen molar-refractivity contribution in [3.8, 4) is 0 Å². The van der Waals surface area contributed by atoms with Gasteiger partial charge in [0.15, 0.2) is 11.5 Å². The van der Waals surface area contributed by atoms with Gasteiger partial charge in [0.05, 0.1) is 12.0 Å². The zero-order valence-electron chi connectivity index (χ0n) is 12.4.